The van der Waals surface area contributed by atoms with Gasteiger partial charge in [-0.2, -0.15) is 9.97 Å². The molecule has 6 rings (SSSR count). The summed E-state index contributed by atoms with van der Waals surface area (Å²) in [6.07, 6.45) is 2.53. The van der Waals surface area contributed by atoms with Crippen molar-refractivity contribution in [3.63, 3.8) is 0 Å². The largest absolute Gasteiger partial charge is 0.508 e. The quantitative estimate of drug-likeness (QED) is 0.393. The molecular weight excluding hydrogens is 481 g/mol. The summed E-state index contributed by atoms with van der Waals surface area (Å²) in [5.74, 6) is -0.383. The summed E-state index contributed by atoms with van der Waals surface area (Å²) in [6, 6.07) is 9.72. The minimum absolute atomic E-state index is 0.00125. The normalized spacial score (nSPS) is 18.9. The third-order valence-electron chi connectivity index (χ3n) is 7.03. The van der Waals surface area contributed by atoms with Gasteiger partial charge in [0.15, 0.2) is 12.1 Å². The second-order valence-electron chi connectivity index (χ2n) is 9.18. The molecule has 37 heavy (non-hydrogen) atoms. The second kappa shape index (κ2) is 8.84. The fraction of sp³-hybridized carbons (Fsp3) is 0.269. The third kappa shape index (κ3) is 3.83. The van der Waals surface area contributed by atoms with Crippen molar-refractivity contribution >= 4 is 39.9 Å². The smallest absolute Gasteiger partial charge is 0.407 e. The molecule has 0 radical (unpaired) electrons. The van der Waals surface area contributed by atoms with E-state index in [0.29, 0.717) is 41.5 Å². The standard InChI is InChI=1S/C26H22FN5O5/c27-21-22(19-10-17(34)9-14-3-1-2-4-18(14)19)28-11-20-23(21)29-25(37-8-7-33)30-24(20)31-12-15-5-6-16(13-31)32(15)26(35)36/h1-4,7,9-11,15-16,34H,5-6,8,12-13H2,(H,35,36). The van der Waals surface area contributed by atoms with Gasteiger partial charge in [-0.3, -0.25) is 14.7 Å². The average Bonchev–Trinajstić information content (AvgIpc) is 3.17. The van der Waals surface area contributed by atoms with Gasteiger partial charge in [-0.1, -0.05) is 24.3 Å². The Kier molecular flexibility index (Phi) is 5.47. The molecule has 10 nitrogen and oxygen atoms in total. The van der Waals surface area contributed by atoms with Gasteiger partial charge in [0.2, 0.25) is 0 Å². The van der Waals surface area contributed by atoms with Crippen LogP contribution >= 0.6 is 0 Å². The maximum absolute atomic E-state index is 16.1. The van der Waals surface area contributed by atoms with Crippen LogP contribution in [0, 0.1) is 5.82 Å². The number of pyridine rings is 1. The first-order valence-corrected chi connectivity index (χ1v) is 11.9. The number of carboxylic acid groups (broad SMARTS) is 1. The van der Waals surface area contributed by atoms with Crippen LogP contribution in [-0.2, 0) is 4.79 Å². The molecule has 2 fully saturated rings. The molecule has 11 heteroatoms. The van der Waals surface area contributed by atoms with Crippen LogP contribution in [0.4, 0.5) is 15.0 Å². The van der Waals surface area contributed by atoms with Gasteiger partial charge in [0.25, 0.3) is 0 Å². The maximum Gasteiger partial charge on any atom is 0.407 e. The lowest BCUT2D eigenvalue weighted by molar-refractivity contribution is -0.109. The molecule has 2 unspecified atom stereocenters. The van der Waals surface area contributed by atoms with Gasteiger partial charge in [0.1, 0.15) is 29.4 Å². The van der Waals surface area contributed by atoms with E-state index < -0.39 is 11.9 Å². The summed E-state index contributed by atoms with van der Waals surface area (Å²) in [4.78, 5) is 39.2. The number of phenolic OH excluding ortho intramolecular Hbond substituents is 1. The molecule has 2 bridgehead atoms. The number of aldehydes is 1. The summed E-state index contributed by atoms with van der Waals surface area (Å²) in [6.45, 7) is 0.449. The van der Waals surface area contributed by atoms with Crippen molar-refractivity contribution in [3.8, 4) is 23.0 Å². The number of nitrogens with zero attached hydrogens (tertiary/aromatic N) is 5. The van der Waals surface area contributed by atoms with Crippen LogP contribution in [0.3, 0.4) is 0 Å². The number of aromatic nitrogens is 3. The van der Waals surface area contributed by atoms with E-state index in [1.807, 2.05) is 29.2 Å². The van der Waals surface area contributed by atoms with Gasteiger partial charge in [-0.15, -0.1) is 0 Å². The van der Waals surface area contributed by atoms with Crippen molar-refractivity contribution in [1.29, 1.82) is 0 Å². The number of phenols is 1. The highest BCUT2D eigenvalue weighted by molar-refractivity contribution is 6.00. The number of ether oxygens (including phenoxy) is 1. The first-order valence-electron chi connectivity index (χ1n) is 11.9. The SMILES string of the molecule is O=CCOc1nc(N2CC3CCC(C2)N3C(=O)O)c2cnc(-c3cc(O)cc4ccccc34)c(F)c2n1. The van der Waals surface area contributed by atoms with E-state index in [1.54, 1.807) is 6.07 Å². The molecule has 0 saturated carbocycles. The van der Waals surface area contributed by atoms with Crippen LogP contribution in [0.15, 0.2) is 42.6 Å². The van der Waals surface area contributed by atoms with E-state index in [-0.39, 0.29) is 41.7 Å². The fourth-order valence-electron chi connectivity index (χ4n) is 5.50. The van der Waals surface area contributed by atoms with Gasteiger partial charge in [-0.05, 0) is 35.7 Å². The van der Waals surface area contributed by atoms with Crippen molar-refractivity contribution in [1.82, 2.24) is 19.9 Å². The minimum Gasteiger partial charge on any atom is -0.508 e. The molecule has 0 aliphatic carbocycles. The Morgan fingerprint density at radius 3 is 2.62 bits per heavy atom. The Hall–Kier alpha value is -4.54. The van der Waals surface area contributed by atoms with Crippen LogP contribution in [0.25, 0.3) is 32.9 Å². The van der Waals surface area contributed by atoms with Crippen molar-refractivity contribution in [3.05, 3.63) is 48.4 Å². The predicted molar refractivity (Wildman–Crippen MR) is 132 cm³/mol. The van der Waals surface area contributed by atoms with E-state index in [1.165, 1.54) is 17.2 Å². The molecule has 4 heterocycles. The Labute approximate surface area is 209 Å². The lowest BCUT2D eigenvalue weighted by atomic mass is 10.00. The van der Waals surface area contributed by atoms with E-state index in [0.717, 1.165) is 18.2 Å². The van der Waals surface area contributed by atoms with Gasteiger partial charge in [-0.25, -0.2) is 9.18 Å². The summed E-state index contributed by atoms with van der Waals surface area (Å²) >= 11 is 0. The number of fused-ring (bicyclic) bond motifs is 4. The zero-order valence-corrected chi connectivity index (χ0v) is 19.5. The zero-order chi connectivity index (χ0) is 25.7. The number of carbonyl (C=O) groups excluding carboxylic acids is 1. The molecule has 2 aliphatic heterocycles. The van der Waals surface area contributed by atoms with Gasteiger partial charge >= 0.3 is 12.1 Å². The average molecular weight is 503 g/mol. The number of benzene rings is 2. The molecule has 4 aromatic rings. The number of hydrogen-bond acceptors (Lipinski definition) is 8. The molecule has 2 aromatic carbocycles. The monoisotopic (exact) mass is 503 g/mol. The molecule has 0 spiro atoms. The number of amides is 1. The highest BCUT2D eigenvalue weighted by atomic mass is 19.1. The van der Waals surface area contributed by atoms with Crippen LogP contribution in [0.2, 0.25) is 0 Å². The topological polar surface area (TPSA) is 129 Å². The number of carbonyl (C=O) groups is 2. The second-order valence-corrected chi connectivity index (χ2v) is 9.18. The highest BCUT2D eigenvalue weighted by Crippen LogP contribution is 2.38. The van der Waals surface area contributed by atoms with Crippen molar-refractivity contribution in [2.45, 2.75) is 24.9 Å². The van der Waals surface area contributed by atoms with E-state index >= 15 is 4.39 Å². The molecule has 2 aromatic heterocycles. The van der Waals surface area contributed by atoms with Gasteiger partial charge < -0.3 is 19.8 Å². The van der Waals surface area contributed by atoms with E-state index in [4.69, 9.17) is 4.74 Å². The van der Waals surface area contributed by atoms with Crippen molar-refractivity contribution in [2.75, 3.05) is 24.6 Å². The molecule has 2 aliphatic rings. The molecule has 2 atom stereocenters. The third-order valence-corrected chi connectivity index (χ3v) is 7.03. The molecule has 2 saturated heterocycles. The summed E-state index contributed by atoms with van der Waals surface area (Å²) in [5, 5.41) is 21.7. The summed E-state index contributed by atoms with van der Waals surface area (Å²) < 4.78 is 21.5. The van der Waals surface area contributed by atoms with Crippen LogP contribution in [-0.4, -0.2) is 74.2 Å². The first-order chi connectivity index (χ1) is 17.9. The minimum atomic E-state index is -0.953. The van der Waals surface area contributed by atoms with Gasteiger partial charge in [0.05, 0.1) is 17.5 Å². The highest BCUT2D eigenvalue weighted by Gasteiger charge is 2.43. The van der Waals surface area contributed by atoms with Crippen LogP contribution < -0.4 is 9.64 Å². The van der Waals surface area contributed by atoms with Crippen molar-refractivity contribution in [2.24, 2.45) is 0 Å². The van der Waals surface area contributed by atoms with Crippen LogP contribution in [0.1, 0.15) is 12.8 Å². The van der Waals surface area contributed by atoms with E-state index in [9.17, 15) is 19.8 Å². The fourth-order valence-corrected chi connectivity index (χ4v) is 5.50. The van der Waals surface area contributed by atoms with Gasteiger partial charge in [0, 0.05) is 24.8 Å². The lowest BCUT2D eigenvalue weighted by Crippen LogP contribution is -2.55. The lowest BCUT2D eigenvalue weighted by Gasteiger charge is -2.40. The molecule has 188 valence electrons. The Balaban J connectivity index is 1.51. The zero-order valence-electron chi connectivity index (χ0n) is 19.5. The number of aromatic hydroxyl groups is 1. The Morgan fingerprint density at radius 2 is 1.89 bits per heavy atom. The Morgan fingerprint density at radius 1 is 1.14 bits per heavy atom. The molecule has 1 amide bonds. The number of halogens is 1. The van der Waals surface area contributed by atoms with Crippen LogP contribution in [0.5, 0.6) is 11.8 Å². The maximum atomic E-state index is 16.1. The number of hydrogen-bond donors (Lipinski definition) is 2. The molecular formula is C26H22FN5O5. The van der Waals surface area contributed by atoms with Crippen molar-refractivity contribution < 1.29 is 28.9 Å². The predicted octanol–water partition coefficient (Wildman–Crippen LogP) is 3.60. The first kappa shape index (κ1) is 22.9. The molecule has 2 N–H and O–H groups in total. The number of rotatable bonds is 5. The number of anilines is 1. The number of piperazine rings is 1. The van der Waals surface area contributed by atoms with E-state index in [2.05, 4.69) is 15.0 Å². The summed E-state index contributed by atoms with van der Waals surface area (Å²) in [5.41, 5.74) is 0.358. The Bertz CT molecular complexity index is 1550. The summed E-state index contributed by atoms with van der Waals surface area (Å²) in [7, 11) is 0.